The summed E-state index contributed by atoms with van der Waals surface area (Å²) in [4.78, 5) is 16.8. The van der Waals surface area contributed by atoms with Gasteiger partial charge in [0.1, 0.15) is 11.3 Å². The molecule has 0 saturated carbocycles. The van der Waals surface area contributed by atoms with E-state index in [-0.39, 0.29) is 11.5 Å². The molecule has 4 aromatic rings. The molecule has 1 N–H and O–H groups in total. The quantitative estimate of drug-likeness (QED) is 0.411. The predicted octanol–water partition coefficient (Wildman–Crippen LogP) is 6.21. The third-order valence-electron chi connectivity index (χ3n) is 4.39. The van der Waals surface area contributed by atoms with Crippen LogP contribution in [0.4, 0.5) is 10.1 Å². The van der Waals surface area contributed by atoms with E-state index in [4.69, 9.17) is 4.42 Å². The van der Waals surface area contributed by atoms with E-state index in [1.165, 1.54) is 23.8 Å². The fourth-order valence-corrected chi connectivity index (χ4v) is 3.48. The lowest BCUT2D eigenvalue weighted by molar-refractivity contribution is 0.102. The van der Waals surface area contributed by atoms with Gasteiger partial charge < -0.3 is 9.73 Å². The van der Waals surface area contributed by atoms with Gasteiger partial charge in [-0.2, -0.15) is 0 Å². The van der Waals surface area contributed by atoms with Gasteiger partial charge in [-0.15, -0.1) is 0 Å². The third-order valence-corrected chi connectivity index (χ3v) is 4.98. The summed E-state index contributed by atoms with van der Waals surface area (Å²) < 4.78 is 20.0. The zero-order valence-corrected chi connectivity index (χ0v) is 16.6. The van der Waals surface area contributed by atoms with Gasteiger partial charge in [0.2, 0.25) is 5.89 Å². The number of carbonyl (C=O) groups is 1. The summed E-state index contributed by atoms with van der Waals surface area (Å²) in [6, 6.07) is 16.8. The van der Waals surface area contributed by atoms with E-state index >= 15 is 0 Å². The largest absolute Gasteiger partial charge is 0.435 e. The molecule has 0 bridgehead atoms. The van der Waals surface area contributed by atoms with Crippen LogP contribution in [0.5, 0.6) is 0 Å². The number of hydrogen-bond acceptors (Lipinski definition) is 3. The van der Waals surface area contributed by atoms with Crippen molar-refractivity contribution >= 4 is 38.6 Å². The first-order chi connectivity index (χ1) is 13.5. The summed E-state index contributed by atoms with van der Waals surface area (Å²) in [5, 5.41) is 2.75. The Balaban J connectivity index is 1.57. The highest BCUT2D eigenvalue weighted by molar-refractivity contribution is 9.10. The minimum absolute atomic E-state index is 0.264. The fourth-order valence-electron chi connectivity index (χ4n) is 2.90. The number of hydrogen-bond donors (Lipinski definition) is 1. The van der Waals surface area contributed by atoms with E-state index in [0.717, 1.165) is 22.0 Å². The number of halogens is 2. The molecule has 0 fully saturated rings. The highest BCUT2D eigenvalue weighted by Gasteiger charge is 2.13. The van der Waals surface area contributed by atoms with E-state index in [1.807, 2.05) is 24.3 Å². The van der Waals surface area contributed by atoms with Crippen molar-refractivity contribution in [3.8, 4) is 11.5 Å². The molecule has 0 unspecified atom stereocenters. The molecular formula is C22H16BrFN2O2. The van der Waals surface area contributed by atoms with Crippen molar-refractivity contribution in [2.75, 3.05) is 5.32 Å². The number of nitrogens with zero attached hydrogens (tertiary/aromatic N) is 1. The second-order valence-corrected chi connectivity index (χ2v) is 7.19. The molecule has 0 radical (unpaired) electrons. The second-order valence-electron chi connectivity index (χ2n) is 6.34. The van der Waals surface area contributed by atoms with E-state index in [0.29, 0.717) is 17.2 Å². The molecule has 3 aromatic carbocycles. The van der Waals surface area contributed by atoms with Crippen molar-refractivity contribution in [2.24, 2.45) is 0 Å². The summed E-state index contributed by atoms with van der Waals surface area (Å²) in [6.45, 7) is 2.09. The molecule has 0 aliphatic carbocycles. The smallest absolute Gasteiger partial charge is 0.255 e. The Labute approximate surface area is 169 Å². The Morgan fingerprint density at radius 1 is 1.14 bits per heavy atom. The molecule has 1 amide bonds. The maximum Gasteiger partial charge on any atom is 0.255 e. The molecule has 140 valence electrons. The van der Waals surface area contributed by atoms with Gasteiger partial charge in [-0.1, -0.05) is 13.0 Å². The maximum atomic E-state index is 13.3. The minimum atomic E-state index is -0.448. The van der Waals surface area contributed by atoms with Crippen molar-refractivity contribution in [3.05, 3.63) is 82.1 Å². The van der Waals surface area contributed by atoms with Crippen molar-refractivity contribution in [3.63, 3.8) is 0 Å². The fraction of sp³-hybridized carbons (Fsp3) is 0.0909. The van der Waals surface area contributed by atoms with Gasteiger partial charge in [0.15, 0.2) is 5.58 Å². The number of anilines is 1. The standard InChI is InChI=1S/C22H16BrFN2O2/c1-2-13-10-18(23)20-19(11-13)26-22(28-20)14-6-8-17(9-7-14)25-21(27)15-4-3-5-16(24)12-15/h3-12H,2H2,1H3,(H,25,27). The molecule has 0 aliphatic heterocycles. The molecule has 1 aromatic heterocycles. The molecule has 1 heterocycles. The van der Waals surface area contributed by atoms with Gasteiger partial charge >= 0.3 is 0 Å². The molecular weight excluding hydrogens is 423 g/mol. The number of nitrogens with one attached hydrogen (secondary N) is 1. The Morgan fingerprint density at radius 3 is 2.64 bits per heavy atom. The van der Waals surface area contributed by atoms with Gasteiger partial charge in [-0.25, -0.2) is 9.37 Å². The summed E-state index contributed by atoms with van der Waals surface area (Å²) in [5.74, 6) is -0.312. The van der Waals surface area contributed by atoms with Crippen LogP contribution in [-0.4, -0.2) is 10.9 Å². The average Bonchev–Trinajstić information content (AvgIpc) is 3.13. The van der Waals surface area contributed by atoms with E-state index in [1.54, 1.807) is 18.2 Å². The van der Waals surface area contributed by atoms with E-state index < -0.39 is 5.82 Å². The molecule has 0 aliphatic rings. The summed E-state index contributed by atoms with van der Waals surface area (Å²) in [5.41, 5.74) is 4.34. The number of fused-ring (bicyclic) bond motifs is 1. The van der Waals surface area contributed by atoms with Gasteiger partial charge in [0, 0.05) is 16.8 Å². The highest BCUT2D eigenvalue weighted by atomic mass is 79.9. The van der Waals surface area contributed by atoms with E-state index in [2.05, 4.69) is 33.2 Å². The first kappa shape index (κ1) is 18.4. The zero-order valence-electron chi connectivity index (χ0n) is 15.0. The Morgan fingerprint density at radius 2 is 1.93 bits per heavy atom. The SMILES string of the molecule is CCc1cc(Br)c2oc(-c3ccc(NC(=O)c4cccc(F)c4)cc3)nc2c1. The second kappa shape index (κ2) is 7.56. The monoisotopic (exact) mass is 438 g/mol. The summed E-state index contributed by atoms with van der Waals surface area (Å²) in [7, 11) is 0. The topological polar surface area (TPSA) is 55.1 Å². The van der Waals surface area contributed by atoms with Crippen molar-refractivity contribution in [1.29, 1.82) is 0 Å². The van der Waals surface area contributed by atoms with Crippen molar-refractivity contribution < 1.29 is 13.6 Å². The lowest BCUT2D eigenvalue weighted by atomic mass is 10.1. The van der Waals surface area contributed by atoms with Gasteiger partial charge in [-0.05, 0) is 82.5 Å². The lowest BCUT2D eigenvalue weighted by Crippen LogP contribution is -2.11. The van der Waals surface area contributed by atoms with Crippen molar-refractivity contribution in [1.82, 2.24) is 4.98 Å². The Hall–Kier alpha value is -2.99. The number of amides is 1. The van der Waals surface area contributed by atoms with Crippen LogP contribution in [0.2, 0.25) is 0 Å². The first-order valence-electron chi connectivity index (χ1n) is 8.80. The number of aryl methyl sites for hydroxylation is 1. The van der Waals surface area contributed by atoms with Crippen LogP contribution in [0.3, 0.4) is 0 Å². The van der Waals surface area contributed by atoms with Crippen LogP contribution in [-0.2, 0) is 6.42 Å². The van der Waals surface area contributed by atoms with Crippen LogP contribution in [0, 0.1) is 5.82 Å². The average molecular weight is 439 g/mol. The molecule has 28 heavy (non-hydrogen) atoms. The van der Waals surface area contributed by atoms with Crippen LogP contribution in [0.1, 0.15) is 22.8 Å². The maximum absolute atomic E-state index is 13.3. The highest BCUT2D eigenvalue weighted by Crippen LogP contribution is 2.31. The zero-order chi connectivity index (χ0) is 19.7. The van der Waals surface area contributed by atoms with Crippen LogP contribution < -0.4 is 5.32 Å². The Kier molecular flexibility index (Phi) is 4.96. The van der Waals surface area contributed by atoms with Crippen LogP contribution in [0.25, 0.3) is 22.6 Å². The minimum Gasteiger partial charge on any atom is -0.435 e. The number of benzene rings is 3. The number of oxazole rings is 1. The molecule has 4 rings (SSSR count). The Bertz CT molecular complexity index is 1170. The van der Waals surface area contributed by atoms with E-state index in [9.17, 15) is 9.18 Å². The van der Waals surface area contributed by atoms with Crippen molar-refractivity contribution in [2.45, 2.75) is 13.3 Å². The van der Waals surface area contributed by atoms with Gasteiger partial charge in [-0.3, -0.25) is 4.79 Å². The van der Waals surface area contributed by atoms with Gasteiger partial charge in [0.05, 0.1) is 4.47 Å². The third kappa shape index (κ3) is 3.68. The van der Waals surface area contributed by atoms with Crippen LogP contribution >= 0.6 is 15.9 Å². The number of rotatable bonds is 4. The number of aromatic nitrogens is 1. The summed E-state index contributed by atoms with van der Waals surface area (Å²) >= 11 is 3.53. The number of carbonyl (C=O) groups excluding carboxylic acids is 1. The molecule has 6 heteroatoms. The molecule has 0 atom stereocenters. The first-order valence-corrected chi connectivity index (χ1v) is 9.59. The van der Waals surface area contributed by atoms with Crippen LogP contribution in [0.15, 0.2) is 69.6 Å². The summed E-state index contributed by atoms with van der Waals surface area (Å²) in [6.07, 6.45) is 0.913. The lowest BCUT2D eigenvalue weighted by Gasteiger charge is -2.06. The molecule has 0 spiro atoms. The molecule has 4 nitrogen and oxygen atoms in total. The normalized spacial score (nSPS) is 11.0. The predicted molar refractivity (Wildman–Crippen MR) is 111 cm³/mol. The molecule has 0 saturated heterocycles. The van der Waals surface area contributed by atoms with Gasteiger partial charge in [0.25, 0.3) is 5.91 Å².